The molecule has 0 aliphatic heterocycles. The van der Waals surface area contributed by atoms with Gasteiger partial charge in [0.25, 0.3) is 0 Å². The van der Waals surface area contributed by atoms with Crippen molar-refractivity contribution in [1.29, 1.82) is 0 Å². The number of hydrogen-bond donors (Lipinski definition) is 1. The lowest BCUT2D eigenvalue weighted by Gasteiger charge is -2.06. The van der Waals surface area contributed by atoms with Crippen LogP contribution in [-0.4, -0.2) is 27.1 Å². The Morgan fingerprint density at radius 1 is 1.50 bits per heavy atom. The number of rotatable bonds is 7. The Labute approximate surface area is 129 Å². The topological polar surface area (TPSA) is 59.9 Å². The molecule has 0 bridgehead atoms. The number of thioether (sulfide) groups is 1. The third kappa shape index (κ3) is 4.14. The fourth-order valence-corrected chi connectivity index (χ4v) is 2.85. The molecule has 0 fully saturated rings. The molecular weight excluding hydrogens is 342 g/mol. The van der Waals surface area contributed by atoms with Crippen LogP contribution in [-0.2, 0) is 6.54 Å². The monoisotopic (exact) mass is 357 g/mol. The van der Waals surface area contributed by atoms with E-state index in [1.54, 1.807) is 4.57 Å². The fourth-order valence-electron chi connectivity index (χ4n) is 1.68. The average Bonchev–Trinajstić information content (AvgIpc) is 2.77. The van der Waals surface area contributed by atoms with Crippen molar-refractivity contribution in [1.82, 2.24) is 14.8 Å². The second-order valence-corrected chi connectivity index (χ2v) is 6.10. The van der Waals surface area contributed by atoms with E-state index in [1.165, 1.54) is 11.8 Å². The van der Waals surface area contributed by atoms with Gasteiger partial charge in [-0.1, -0.05) is 40.7 Å². The second-order valence-electron chi connectivity index (χ2n) is 4.12. The Hall–Kier alpha value is -1.21. The minimum Gasteiger partial charge on any atom is -0.493 e. The van der Waals surface area contributed by atoms with Crippen molar-refractivity contribution < 1.29 is 4.74 Å². The predicted molar refractivity (Wildman–Crippen MR) is 83.5 cm³/mol. The number of benzene rings is 1. The van der Waals surface area contributed by atoms with Crippen LogP contribution in [0.25, 0.3) is 0 Å². The zero-order valence-corrected chi connectivity index (χ0v) is 13.5. The van der Waals surface area contributed by atoms with E-state index in [-0.39, 0.29) is 5.69 Å². The fraction of sp³-hybridized carbons (Fsp3) is 0.385. The standard InChI is InChI=1S/C13H16BrN3O2S/c1-2-6-17-12(18)15-16-13(17)20-8-7-19-11-5-3-4-10(14)9-11/h3-5,9H,2,6-8H2,1H3,(H,15,18). The molecule has 20 heavy (non-hydrogen) atoms. The highest BCUT2D eigenvalue weighted by molar-refractivity contribution is 9.10. The first-order chi connectivity index (χ1) is 9.70. The summed E-state index contributed by atoms with van der Waals surface area (Å²) in [6.07, 6.45) is 0.904. The summed E-state index contributed by atoms with van der Waals surface area (Å²) in [4.78, 5) is 11.5. The van der Waals surface area contributed by atoms with E-state index in [9.17, 15) is 4.79 Å². The number of aromatic amines is 1. The number of hydrogen-bond acceptors (Lipinski definition) is 4. The third-order valence-corrected chi connectivity index (χ3v) is 3.98. The molecule has 2 rings (SSSR count). The molecule has 1 heterocycles. The molecule has 1 N–H and O–H groups in total. The van der Waals surface area contributed by atoms with E-state index >= 15 is 0 Å². The van der Waals surface area contributed by atoms with Crippen LogP contribution in [0.2, 0.25) is 0 Å². The largest absolute Gasteiger partial charge is 0.493 e. The second kappa shape index (κ2) is 7.54. The quantitative estimate of drug-likeness (QED) is 0.611. The van der Waals surface area contributed by atoms with Crippen LogP contribution in [0.3, 0.4) is 0 Å². The van der Waals surface area contributed by atoms with Gasteiger partial charge in [-0.05, 0) is 24.6 Å². The smallest absolute Gasteiger partial charge is 0.343 e. The summed E-state index contributed by atoms with van der Waals surface area (Å²) in [5.41, 5.74) is -0.151. The van der Waals surface area contributed by atoms with E-state index < -0.39 is 0 Å². The molecule has 0 aliphatic rings. The normalized spacial score (nSPS) is 10.7. The molecule has 0 radical (unpaired) electrons. The highest BCUT2D eigenvalue weighted by Crippen LogP contribution is 2.19. The lowest BCUT2D eigenvalue weighted by molar-refractivity contribution is 0.343. The number of ether oxygens (including phenoxy) is 1. The van der Waals surface area contributed by atoms with Crippen molar-refractivity contribution in [3.63, 3.8) is 0 Å². The van der Waals surface area contributed by atoms with E-state index in [2.05, 4.69) is 26.1 Å². The van der Waals surface area contributed by atoms with Crippen molar-refractivity contribution in [2.24, 2.45) is 0 Å². The summed E-state index contributed by atoms with van der Waals surface area (Å²) in [5, 5.41) is 7.21. The van der Waals surface area contributed by atoms with Gasteiger partial charge in [0, 0.05) is 16.8 Å². The maximum absolute atomic E-state index is 11.5. The van der Waals surface area contributed by atoms with Crippen molar-refractivity contribution in [3.05, 3.63) is 39.2 Å². The van der Waals surface area contributed by atoms with Gasteiger partial charge in [0.15, 0.2) is 5.16 Å². The lowest BCUT2D eigenvalue weighted by Crippen LogP contribution is -2.17. The first-order valence-corrected chi connectivity index (χ1v) is 8.15. The van der Waals surface area contributed by atoms with Gasteiger partial charge >= 0.3 is 5.69 Å². The average molecular weight is 358 g/mol. The summed E-state index contributed by atoms with van der Waals surface area (Å²) < 4.78 is 8.29. The molecule has 0 unspecified atom stereocenters. The van der Waals surface area contributed by atoms with Gasteiger partial charge in [-0.2, -0.15) is 0 Å². The van der Waals surface area contributed by atoms with Crippen LogP contribution in [0, 0.1) is 0 Å². The summed E-state index contributed by atoms with van der Waals surface area (Å²) >= 11 is 4.92. The number of aromatic nitrogens is 3. The molecule has 5 nitrogen and oxygen atoms in total. The Morgan fingerprint density at radius 3 is 3.10 bits per heavy atom. The number of nitrogens with zero attached hydrogens (tertiary/aromatic N) is 2. The third-order valence-electron chi connectivity index (χ3n) is 2.55. The van der Waals surface area contributed by atoms with Crippen molar-refractivity contribution in [2.75, 3.05) is 12.4 Å². The molecule has 108 valence electrons. The van der Waals surface area contributed by atoms with Crippen LogP contribution in [0.5, 0.6) is 5.75 Å². The zero-order chi connectivity index (χ0) is 14.4. The van der Waals surface area contributed by atoms with Crippen LogP contribution >= 0.6 is 27.7 Å². The molecule has 0 saturated heterocycles. The van der Waals surface area contributed by atoms with Gasteiger partial charge in [-0.15, -0.1) is 5.10 Å². The Bertz CT molecular complexity index is 612. The zero-order valence-electron chi connectivity index (χ0n) is 11.1. The van der Waals surface area contributed by atoms with Crippen LogP contribution in [0.15, 0.2) is 38.7 Å². The molecule has 0 atom stereocenters. The van der Waals surface area contributed by atoms with Gasteiger partial charge in [-0.3, -0.25) is 4.57 Å². The molecule has 2 aromatic rings. The molecule has 0 spiro atoms. The van der Waals surface area contributed by atoms with Gasteiger partial charge in [-0.25, -0.2) is 9.89 Å². The van der Waals surface area contributed by atoms with Crippen LogP contribution in [0.1, 0.15) is 13.3 Å². The van der Waals surface area contributed by atoms with E-state index in [0.717, 1.165) is 27.6 Å². The lowest BCUT2D eigenvalue weighted by atomic mass is 10.3. The first-order valence-electron chi connectivity index (χ1n) is 6.37. The summed E-state index contributed by atoms with van der Waals surface area (Å²) in [6, 6.07) is 7.72. The van der Waals surface area contributed by atoms with Gasteiger partial charge in [0.2, 0.25) is 0 Å². The summed E-state index contributed by atoms with van der Waals surface area (Å²) in [5.74, 6) is 1.56. The predicted octanol–water partition coefficient (Wildman–Crippen LogP) is 2.92. The minimum atomic E-state index is -0.151. The molecule has 0 saturated carbocycles. The number of H-pyrrole nitrogens is 1. The highest BCUT2D eigenvalue weighted by atomic mass is 79.9. The van der Waals surface area contributed by atoms with Crippen molar-refractivity contribution in [2.45, 2.75) is 25.0 Å². The molecule has 0 aliphatic carbocycles. The number of halogens is 1. The number of nitrogens with one attached hydrogen (secondary N) is 1. The van der Waals surface area contributed by atoms with E-state index in [1.807, 2.05) is 31.2 Å². The van der Waals surface area contributed by atoms with Gasteiger partial charge in [0.1, 0.15) is 5.75 Å². The SMILES string of the molecule is CCCn1c(SCCOc2cccc(Br)c2)n[nH]c1=O. The molecule has 1 aromatic heterocycles. The van der Waals surface area contributed by atoms with Crippen LogP contribution < -0.4 is 10.4 Å². The van der Waals surface area contributed by atoms with Crippen LogP contribution in [0.4, 0.5) is 0 Å². The maximum Gasteiger partial charge on any atom is 0.343 e. The Balaban J connectivity index is 1.83. The van der Waals surface area contributed by atoms with E-state index in [0.29, 0.717) is 13.2 Å². The van der Waals surface area contributed by atoms with Crippen molar-refractivity contribution in [3.8, 4) is 5.75 Å². The van der Waals surface area contributed by atoms with Gasteiger partial charge in [0.05, 0.1) is 6.61 Å². The highest BCUT2D eigenvalue weighted by Gasteiger charge is 2.07. The molecule has 7 heteroatoms. The maximum atomic E-state index is 11.5. The molecular formula is C13H16BrN3O2S. The molecule has 0 amide bonds. The summed E-state index contributed by atoms with van der Waals surface area (Å²) in [6.45, 7) is 3.28. The van der Waals surface area contributed by atoms with Crippen molar-refractivity contribution >= 4 is 27.7 Å². The minimum absolute atomic E-state index is 0.151. The first kappa shape index (κ1) is 15.2. The Morgan fingerprint density at radius 2 is 2.35 bits per heavy atom. The van der Waals surface area contributed by atoms with Gasteiger partial charge < -0.3 is 4.74 Å². The van der Waals surface area contributed by atoms with E-state index in [4.69, 9.17) is 4.74 Å². The molecule has 1 aromatic carbocycles. The summed E-state index contributed by atoms with van der Waals surface area (Å²) in [7, 11) is 0. The Kier molecular flexibility index (Phi) is 5.72.